The van der Waals surface area contributed by atoms with Crippen LogP contribution in [0, 0.1) is 0 Å². The summed E-state index contributed by atoms with van der Waals surface area (Å²) in [5, 5.41) is 23.4. The Morgan fingerprint density at radius 2 is 0.575 bits per heavy atom. The minimum absolute atomic E-state index is 0.0135. The molecule has 0 aliphatic heterocycles. The van der Waals surface area contributed by atoms with Gasteiger partial charge in [0.1, 0.15) is 0 Å². The molecule has 87 heavy (non-hydrogen) atoms. The molecule has 2 unspecified atom stereocenters. The smallest absolute Gasteiger partial charge is 0.305 e. The topological polar surface area (TPSA) is 95.9 Å². The van der Waals surface area contributed by atoms with Crippen LogP contribution < -0.4 is 5.32 Å². The van der Waals surface area contributed by atoms with Crippen molar-refractivity contribution >= 4 is 11.9 Å². The van der Waals surface area contributed by atoms with Crippen LogP contribution in [0.15, 0.2) is 36.5 Å². The predicted molar refractivity (Wildman–Crippen MR) is 384 cm³/mol. The number of hydrogen-bond acceptors (Lipinski definition) is 5. The molecule has 6 nitrogen and oxygen atoms in total. The summed E-state index contributed by atoms with van der Waals surface area (Å²) in [5.41, 5.74) is 0. The highest BCUT2D eigenvalue weighted by Gasteiger charge is 2.20. The molecule has 6 heteroatoms. The van der Waals surface area contributed by atoms with E-state index in [9.17, 15) is 19.8 Å². The van der Waals surface area contributed by atoms with Gasteiger partial charge >= 0.3 is 5.97 Å². The lowest BCUT2D eigenvalue weighted by molar-refractivity contribution is -0.143. The molecule has 2 atom stereocenters. The Morgan fingerprint density at radius 3 is 0.897 bits per heavy atom. The van der Waals surface area contributed by atoms with E-state index in [4.69, 9.17) is 4.74 Å². The van der Waals surface area contributed by atoms with E-state index in [1.807, 2.05) is 0 Å². The fourth-order valence-electron chi connectivity index (χ4n) is 12.6. The number of aliphatic hydroxyl groups excluding tert-OH is 2. The van der Waals surface area contributed by atoms with Gasteiger partial charge in [0.05, 0.1) is 25.4 Å². The van der Waals surface area contributed by atoms with Crippen molar-refractivity contribution in [1.29, 1.82) is 0 Å². The van der Waals surface area contributed by atoms with Gasteiger partial charge in [0.2, 0.25) is 5.91 Å². The van der Waals surface area contributed by atoms with Crippen LogP contribution in [0.25, 0.3) is 0 Å². The first kappa shape index (κ1) is 85.1. The zero-order valence-electron chi connectivity index (χ0n) is 59.0. The molecule has 0 aliphatic carbocycles. The third-order valence-corrected chi connectivity index (χ3v) is 18.7. The molecule has 514 valence electrons. The van der Waals surface area contributed by atoms with Crippen molar-refractivity contribution < 1.29 is 24.5 Å². The SMILES string of the molecule is CCCCCC/C=C\C/C=C\CCCCCCCCCC(=O)OCCCCCCCCCCCCCCCC/C=C\CCCCCCCCCCCCCCCCCCCC(=O)NC(CO)C(O)CCCCCCCCCCCCCCCCCCC. The van der Waals surface area contributed by atoms with E-state index in [1.165, 1.54) is 360 Å². The van der Waals surface area contributed by atoms with E-state index < -0.39 is 12.1 Å². The minimum Gasteiger partial charge on any atom is -0.466 e. The maximum atomic E-state index is 12.5. The van der Waals surface area contributed by atoms with E-state index in [-0.39, 0.29) is 18.5 Å². The van der Waals surface area contributed by atoms with E-state index in [1.54, 1.807) is 0 Å². The van der Waals surface area contributed by atoms with E-state index >= 15 is 0 Å². The normalized spacial score (nSPS) is 12.6. The average molecular weight is 1220 g/mol. The number of unbranched alkanes of at least 4 members (excludes halogenated alkanes) is 58. The van der Waals surface area contributed by atoms with Gasteiger partial charge in [-0.05, 0) is 83.5 Å². The Hall–Kier alpha value is -1.92. The van der Waals surface area contributed by atoms with Crippen LogP contribution in [0.3, 0.4) is 0 Å². The maximum Gasteiger partial charge on any atom is 0.305 e. The Kier molecular flexibility index (Phi) is 74.8. The van der Waals surface area contributed by atoms with Gasteiger partial charge in [-0.3, -0.25) is 9.59 Å². The van der Waals surface area contributed by atoms with Crippen molar-refractivity contribution in [2.45, 2.75) is 456 Å². The van der Waals surface area contributed by atoms with Crippen LogP contribution >= 0.6 is 0 Å². The third kappa shape index (κ3) is 73.0. The monoisotopic (exact) mass is 1220 g/mol. The average Bonchev–Trinajstić information content (AvgIpc) is 3.53. The number of amides is 1. The Labute approximate surface area is 544 Å². The van der Waals surface area contributed by atoms with Gasteiger partial charge in [0.25, 0.3) is 0 Å². The Morgan fingerprint density at radius 1 is 0.322 bits per heavy atom. The van der Waals surface area contributed by atoms with Crippen molar-refractivity contribution in [3.8, 4) is 0 Å². The summed E-state index contributed by atoms with van der Waals surface area (Å²) in [7, 11) is 0. The van der Waals surface area contributed by atoms with Crippen LogP contribution in [0.5, 0.6) is 0 Å². The Balaban J connectivity index is 3.33. The highest BCUT2D eigenvalue weighted by molar-refractivity contribution is 5.76. The number of ether oxygens (including phenoxy) is 1. The molecule has 0 spiro atoms. The lowest BCUT2D eigenvalue weighted by atomic mass is 10.0. The first-order chi connectivity index (χ1) is 43.0. The van der Waals surface area contributed by atoms with E-state index in [0.717, 1.165) is 51.4 Å². The largest absolute Gasteiger partial charge is 0.466 e. The van der Waals surface area contributed by atoms with Crippen molar-refractivity contribution in [2.75, 3.05) is 13.2 Å². The first-order valence-electron chi connectivity index (χ1n) is 39.7. The molecule has 1 amide bonds. The standard InChI is InChI=1S/C81H155NO5/c1-3-5-7-9-11-13-15-17-19-21-43-47-51-55-59-63-67-71-75-81(86)87-76-72-68-64-60-56-52-48-44-40-38-36-34-32-30-28-26-24-22-23-25-27-29-31-33-35-37-39-42-46-50-54-58-62-66-70-74-80(85)82-78(77-83)79(84)73-69-65-61-57-53-49-45-41-20-18-16-14-12-10-8-6-4-2/h13,15,19,21,24,26,78-79,83-84H,3-12,14,16-18,20,22-23,25,27-77H2,1-2H3,(H,82,85)/b15-13-,21-19-,26-24-. The molecule has 0 saturated heterocycles. The van der Waals surface area contributed by atoms with E-state index in [0.29, 0.717) is 25.9 Å². The summed E-state index contributed by atoms with van der Waals surface area (Å²) in [4.78, 5) is 24.7. The first-order valence-corrected chi connectivity index (χ1v) is 39.7. The van der Waals surface area contributed by atoms with Gasteiger partial charge in [-0.15, -0.1) is 0 Å². The van der Waals surface area contributed by atoms with Crippen LogP contribution in [0.4, 0.5) is 0 Å². The van der Waals surface area contributed by atoms with Gasteiger partial charge < -0.3 is 20.3 Å². The molecule has 0 aromatic heterocycles. The lowest BCUT2D eigenvalue weighted by Crippen LogP contribution is -2.45. The fourth-order valence-corrected chi connectivity index (χ4v) is 12.6. The van der Waals surface area contributed by atoms with Crippen LogP contribution in [0.1, 0.15) is 444 Å². The number of rotatable bonds is 75. The van der Waals surface area contributed by atoms with Gasteiger partial charge in [-0.1, -0.05) is 384 Å². The van der Waals surface area contributed by atoms with Crippen LogP contribution in [0.2, 0.25) is 0 Å². The predicted octanol–water partition coefficient (Wildman–Crippen LogP) is 26.2. The maximum absolute atomic E-state index is 12.5. The molecule has 0 aromatic rings. The van der Waals surface area contributed by atoms with Crippen LogP contribution in [-0.2, 0) is 14.3 Å². The minimum atomic E-state index is -0.662. The summed E-state index contributed by atoms with van der Waals surface area (Å²) >= 11 is 0. The second-order valence-electron chi connectivity index (χ2n) is 27.4. The number of carbonyl (C=O) groups is 2. The number of esters is 1. The summed E-state index contributed by atoms with van der Waals surface area (Å²) in [5.74, 6) is -0.0139. The number of aliphatic hydroxyl groups is 2. The van der Waals surface area contributed by atoms with Crippen molar-refractivity contribution in [2.24, 2.45) is 0 Å². The molecular weight excluding hydrogens is 1070 g/mol. The highest BCUT2D eigenvalue weighted by Crippen LogP contribution is 2.20. The molecule has 0 aromatic carbocycles. The van der Waals surface area contributed by atoms with Crippen molar-refractivity contribution in [3.05, 3.63) is 36.5 Å². The molecule has 0 saturated carbocycles. The highest BCUT2D eigenvalue weighted by atomic mass is 16.5. The summed E-state index contributed by atoms with van der Waals surface area (Å²) in [6.45, 7) is 4.98. The van der Waals surface area contributed by atoms with Gasteiger partial charge in [-0.2, -0.15) is 0 Å². The van der Waals surface area contributed by atoms with Gasteiger partial charge in [0, 0.05) is 12.8 Å². The van der Waals surface area contributed by atoms with Crippen molar-refractivity contribution in [3.63, 3.8) is 0 Å². The Bertz CT molecular complexity index is 1410. The summed E-state index contributed by atoms with van der Waals surface area (Å²) < 4.78 is 5.51. The molecule has 0 aliphatic rings. The van der Waals surface area contributed by atoms with Crippen LogP contribution in [-0.4, -0.2) is 47.4 Å². The molecule has 0 heterocycles. The number of hydrogen-bond donors (Lipinski definition) is 3. The lowest BCUT2D eigenvalue weighted by Gasteiger charge is -2.22. The van der Waals surface area contributed by atoms with Gasteiger partial charge in [0.15, 0.2) is 0 Å². The molecule has 0 fully saturated rings. The summed E-state index contributed by atoms with van der Waals surface area (Å²) in [6.07, 6.45) is 99.5. The number of carbonyl (C=O) groups excluding carboxylic acids is 2. The second-order valence-corrected chi connectivity index (χ2v) is 27.4. The summed E-state index contributed by atoms with van der Waals surface area (Å²) in [6, 6.07) is -0.539. The number of allylic oxidation sites excluding steroid dienone is 6. The van der Waals surface area contributed by atoms with E-state index in [2.05, 4.69) is 55.6 Å². The number of nitrogens with one attached hydrogen (secondary N) is 1. The third-order valence-electron chi connectivity index (χ3n) is 18.7. The van der Waals surface area contributed by atoms with Gasteiger partial charge in [-0.25, -0.2) is 0 Å². The molecule has 3 N–H and O–H groups in total. The molecule has 0 rings (SSSR count). The fraction of sp³-hybridized carbons (Fsp3) is 0.901. The second kappa shape index (κ2) is 76.5. The van der Waals surface area contributed by atoms with Crippen molar-refractivity contribution in [1.82, 2.24) is 5.32 Å². The zero-order valence-corrected chi connectivity index (χ0v) is 59.0. The zero-order chi connectivity index (χ0) is 62.8. The quantitative estimate of drug-likeness (QED) is 0.0320. The molecular formula is C81H155NO5. The molecule has 0 bridgehead atoms. The molecule has 0 radical (unpaired) electrons.